The number of rotatable bonds is 3. The number of aliphatic carboxylic acids is 3. The molecule has 0 aromatic rings. The van der Waals surface area contributed by atoms with Gasteiger partial charge < -0.3 is 15.3 Å². The molecule has 0 saturated carbocycles. The first-order chi connectivity index (χ1) is 5.90. The van der Waals surface area contributed by atoms with E-state index >= 15 is 0 Å². The van der Waals surface area contributed by atoms with E-state index < -0.39 is 17.9 Å². The van der Waals surface area contributed by atoms with Crippen molar-refractivity contribution in [1.82, 2.24) is 0 Å². The topological polar surface area (TPSA) is 112 Å². The van der Waals surface area contributed by atoms with Crippen molar-refractivity contribution in [3.63, 3.8) is 0 Å². The van der Waals surface area contributed by atoms with Crippen molar-refractivity contribution in [2.24, 2.45) is 0 Å². The Morgan fingerprint density at radius 1 is 1.00 bits per heavy atom. The van der Waals surface area contributed by atoms with Crippen molar-refractivity contribution < 1.29 is 29.7 Å². The first-order valence-corrected chi connectivity index (χ1v) is 3.25. The highest BCUT2D eigenvalue weighted by atomic mass is 16.4. The van der Waals surface area contributed by atoms with Gasteiger partial charge in [-0.3, -0.25) is 4.79 Å². The summed E-state index contributed by atoms with van der Waals surface area (Å²) in [7, 11) is 0. The van der Waals surface area contributed by atoms with Crippen molar-refractivity contribution >= 4 is 17.9 Å². The van der Waals surface area contributed by atoms with Crippen LogP contribution < -0.4 is 0 Å². The van der Waals surface area contributed by atoms with Gasteiger partial charge in [-0.2, -0.15) is 0 Å². The molecule has 0 heterocycles. The summed E-state index contributed by atoms with van der Waals surface area (Å²) in [6, 6.07) is 0. The summed E-state index contributed by atoms with van der Waals surface area (Å²) >= 11 is 0. The third kappa shape index (κ3) is 25.4. The number of carboxylic acids is 3. The second-order valence-electron chi connectivity index (χ2n) is 1.76. The molecule has 0 rings (SSSR count). The minimum atomic E-state index is -1.26. The molecule has 0 aliphatic carbocycles. The maximum absolute atomic E-state index is 9.55. The Morgan fingerprint density at radius 2 is 1.23 bits per heavy atom. The summed E-state index contributed by atoms with van der Waals surface area (Å²) in [6.45, 7) is 1.60. The molecule has 0 aliphatic heterocycles. The smallest absolute Gasteiger partial charge is 0.328 e. The van der Waals surface area contributed by atoms with Crippen molar-refractivity contribution in [1.29, 1.82) is 0 Å². The first-order valence-electron chi connectivity index (χ1n) is 3.25. The summed E-state index contributed by atoms with van der Waals surface area (Å²) in [5.41, 5.74) is 0. The van der Waals surface area contributed by atoms with Gasteiger partial charge in [0, 0.05) is 18.6 Å². The second kappa shape index (κ2) is 8.25. The lowest BCUT2D eigenvalue weighted by Gasteiger charge is -1.74. The molecule has 0 fully saturated rings. The fourth-order valence-electron chi connectivity index (χ4n) is 0.143. The van der Waals surface area contributed by atoms with Gasteiger partial charge >= 0.3 is 17.9 Å². The quantitative estimate of drug-likeness (QED) is 0.548. The van der Waals surface area contributed by atoms with Crippen molar-refractivity contribution in [3.8, 4) is 0 Å². The zero-order chi connectivity index (χ0) is 10.9. The van der Waals surface area contributed by atoms with E-state index in [1.165, 1.54) is 0 Å². The minimum absolute atomic E-state index is 0.222. The fraction of sp³-hybridized carbons (Fsp3) is 0.286. The fourth-order valence-corrected chi connectivity index (χ4v) is 0.143. The van der Waals surface area contributed by atoms with Crippen LogP contribution in [-0.2, 0) is 14.4 Å². The average Bonchev–Trinajstić information content (AvgIpc) is 2.02. The summed E-state index contributed by atoms with van der Waals surface area (Å²) in [6.07, 6.45) is 1.34. The molecule has 0 aliphatic rings. The normalized spacial score (nSPS) is 8.69. The van der Waals surface area contributed by atoms with E-state index in [1.54, 1.807) is 6.92 Å². The lowest BCUT2D eigenvalue weighted by atomic mass is 10.5. The molecule has 0 unspecified atom stereocenters. The molecule has 0 radical (unpaired) electrons. The molecule has 74 valence electrons. The SMILES string of the molecule is CCC(=O)O.O=C(O)/C=C\C(=O)O. The van der Waals surface area contributed by atoms with Crippen LogP contribution in [0.4, 0.5) is 0 Å². The molecular formula is C7H10O6. The van der Waals surface area contributed by atoms with Gasteiger partial charge in [-0.05, 0) is 0 Å². The molecule has 0 atom stereocenters. The molecule has 0 aromatic heterocycles. The van der Waals surface area contributed by atoms with Gasteiger partial charge in [0.1, 0.15) is 0 Å². The molecule has 13 heavy (non-hydrogen) atoms. The Labute approximate surface area is 74.1 Å². The molecule has 0 aromatic carbocycles. The highest BCUT2D eigenvalue weighted by Gasteiger charge is 1.88. The summed E-state index contributed by atoms with van der Waals surface area (Å²) < 4.78 is 0. The largest absolute Gasteiger partial charge is 0.481 e. The zero-order valence-electron chi connectivity index (χ0n) is 6.93. The van der Waals surface area contributed by atoms with E-state index in [9.17, 15) is 14.4 Å². The molecule has 0 spiro atoms. The number of carboxylic acid groups (broad SMARTS) is 3. The summed E-state index contributed by atoms with van der Waals surface area (Å²) in [5, 5.41) is 23.3. The van der Waals surface area contributed by atoms with Gasteiger partial charge in [-0.25, -0.2) is 9.59 Å². The molecule has 6 nitrogen and oxygen atoms in total. The Kier molecular flexibility index (Phi) is 8.71. The third-order valence-electron chi connectivity index (χ3n) is 0.671. The van der Waals surface area contributed by atoms with E-state index in [2.05, 4.69) is 0 Å². The molecule has 6 heteroatoms. The van der Waals surface area contributed by atoms with Crippen LogP contribution in [0.2, 0.25) is 0 Å². The maximum Gasteiger partial charge on any atom is 0.328 e. The van der Waals surface area contributed by atoms with Crippen LogP contribution in [0.3, 0.4) is 0 Å². The van der Waals surface area contributed by atoms with Gasteiger partial charge in [0.2, 0.25) is 0 Å². The number of carbonyl (C=O) groups is 3. The van der Waals surface area contributed by atoms with Gasteiger partial charge in [0.05, 0.1) is 0 Å². The van der Waals surface area contributed by atoms with Crippen LogP contribution in [0, 0.1) is 0 Å². The van der Waals surface area contributed by atoms with Crippen LogP contribution >= 0.6 is 0 Å². The predicted octanol–water partition coefficient (Wildman–Crippen LogP) is 0.193. The number of hydrogen-bond acceptors (Lipinski definition) is 3. The maximum atomic E-state index is 9.55. The molecular weight excluding hydrogens is 180 g/mol. The van der Waals surface area contributed by atoms with Crippen LogP contribution in [0.5, 0.6) is 0 Å². The van der Waals surface area contributed by atoms with E-state index in [1.807, 2.05) is 0 Å². The lowest BCUT2D eigenvalue weighted by molar-refractivity contribution is -0.136. The Hall–Kier alpha value is -1.85. The van der Waals surface area contributed by atoms with Gasteiger partial charge in [0.25, 0.3) is 0 Å². The van der Waals surface area contributed by atoms with Crippen LogP contribution in [-0.4, -0.2) is 33.2 Å². The highest BCUT2D eigenvalue weighted by molar-refractivity contribution is 5.89. The van der Waals surface area contributed by atoms with E-state index in [4.69, 9.17) is 15.3 Å². The predicted molar refractivity (Wildman–Crippen MR) is 42.3 cm³/mol. The van der Waals surface area contributed by atoms with Crippen molar-refractivity contribution in [2.45, 2.75) is 13.3 Å². The lowest BCUT2D eigenvalue weighted by Crippen LogP contribution is -1.91. The molecule has 3 N–H and O–H groups in total. The Morgan fingerprint density at radius 3 is 1.31 bits per heavy atom. The molecule has 0 saturated heterocycles. The second-order valence-corrected chi connectivity index (χ2v) is 1.76. The van der Waals surface area contributed by atoms with Crippen molar-refractivity contribution in [2.75, 3.05) is 0 Å². The summed E-state index contributed by atoms with van der Waals surface area (Å²) in [4.78, 5) is 28.5. The van der Waals surface area contributed by atoms with Crippen molar-refractivity contribution in [3.05, 3.63) is 12.2 Å². The zero-order valence-corrected chi connectivity index (χ0v) is 6.93. The monoisotopic (exact) mass is 190 g/mol. The van der Waals surface area contributed by atoms with Crippen LogP contribution in [0.1, 0.15) is 13.3 Å². The van der Waals surface area contributed by atoms with Crippen LogP contribution in [0.25, 0.3) is 0 Å². The minimum Gasteiger partial charge on any atom is -0.481 e. The van der Waals surface area contributed by atoms with E-state index in [0.29, 0.717) is 12.2 Å². The molecule has 0 bridgehead atoms. The number of hydrogen-bond donors (Lipinski definition) is 3. The standard InChI is InChI=1S/C4H4O4.C3H6O2/c5-3(6)1-2-4(7)8;1-2-3(4)5/h1-2H,(H,5,6)(H,7,8);2H2,1H3,(H,4,5)/b2-1-;. The van der Waals surface area contributed by atoms with Gasteiger partial charge in [0.15, 0.2) is 0 Å². The summed E-state index contributed by atoms with van der Waals surface area (Å²) in [5.74, 6) is -3.26. The molecule has 0 amide bonds. The van der Waals surface area contributed by atoms with Crippen LogP contribution in [0.15, 0.2) is 12.2 Å². The Balaban J connectivity index is 0. The Bertz CT molecular complexity index is 201. The highest BCUT2D eigenvalue weighted by Crippen LogP contribution is 1.70. The van der Waals surface area contributed by atoms with E-state index in [0.717, 1.165) is 0 Å². The first kappa shape index (κ1) is 13.7. The van der Waals surface area contributed by atoms with E-state index in [-0.39, 0.29) is 6.42 Å². The van der Waals surface area contributed by atoms with Gasteiger partial charge in [-0.15, -0.1) is 0 Å². The average molecular weight is 190 g/mol. The van der Waals surface area contributed by atoms with Gasteiger partial charge in [-0.1, -0.05) is 6.92 Å². The third-order valence-corrected chi connectivity index (χ3v) is 0.671.